The molecule has 0 bridgehead atoms. The molecular formula is C12H22N2O. The van der Waals surface area contributed by atoms with E-state index in [2.05, 4.69) is 12.0 Å². The van der Waals surface area contributed by atoms with Crippen molar-refractivity contribution in [2.75, 3.05) is 0 Å². The lowest BCUT2D eigenvalue weighted by Crippen LogP contribution is -1.98. The number of aliphatic hydroxyl groups excluding tert-OH is 1. The number of hydrogen-bond acceptors (Lipinski definition) is 2. The van der Waals surface area contributed by atoms with Crippen molar-refractivity contribution in [1.29, 1.82) is 0 Å². The van der Waals surface area contributed by atoms with Crippen molar-refractivity contribution in [2.24, 2.45) is 0 Å². The van der Waals surface area contributed by atoms with Crippen molar-refractivity contribution in [1.82, 2.24) is 9.78 Å². The fourth-order valence-electron chi connectivity index (χ4n) is 1.66. The Balaban J connectivity index is 2.04. The van der Waals surface area contributed by atoms with Crippen molar-refractivity contribution in [2.45, 2.75) is 58.6 Å². The quantitative estimate of drug-likeness (QED) is 0.670. The minimum Gasteiger partial charge on any atom is -0.392 e. The lowest BCUT2D eigenvalue weighted by Gasteiger charge is -2.01. The van der Waals surface area contributed by atoms with Gasteiger partial charge in [-0.15, -0.1) is 0 Å². The largest absolute Gasteiger partial charge is 0.392 e. The van der Waals surface area contributed by atoms with Crippen molar-refractivity contribution < 1.29 is 5.11 Å². The number of rotatable bonds is 8. The minimum atomic E-state index is 0.0938. The lowest BCUT2D eigenvalue weighted by molar-refractivity contribution is 0.281. The average Bonchev–Trinajstić information content (AvgIpc) is 2.71. The summed E-state index contributed by atoms with van der Waals surface area (Å²) in [6.45, 7) is 3.31. The van der Waals surface area contributed by atoms with Gasteiger partial charge in [0.2, 0.25) is 0 Å². The van der Waals surface area contributed by atoms with Gasteiger partial charge >= 0.3 is 0 Å². The van der Waals surface area contributed by atoms with Gasteiger partial charge in [-0.05, 0) is 6.42 Å². The maximum atomic E-state index is 8.87. The number of hydrogen-bond donors (Lipinski definition) is 1. The van der Waals surface area contributed by atoms with Crippen LogP contribution in [-0.4, -0.2) is 14.9 Å². The molecule has 0 saturated carbocycles. The predicted molar refractivity (Wildman–Crippen MR) is 61.5 cm³/mol. The van der Waals surface area contributed by atoms with Crippen LogP contribution in [-0.2, 0) is 13.2 Å². The van der Waals surface area contributed by atoms with E-state index in [1.807, 2.05) is 10.9 Å². The molecule has 1 heterocycles. The second-order valence-electron chi connectivity index (χ2n) is 4.04. The van der Waals surface area contributed by atoms with Crippen molar-refractivity contribution in [3.8, 4) is 0 Å². The van der Waals surface area contributed by atoms with Gasteiger partial charge in [0.15, 0.2) is 0 Å². The van der Waals surface area contributed by atoms with Crippen LogP contribution in [0.2, 0.25) is 0 Å². The molecule has 1 aromatic heterocycles. The van der Waals surface area contributed by atoms with E-state index in [0.29, 0.717) is 0 Å². The second kappa shape index (κ2) is 7.46. The molecule has 0 aliphatic heterocycles. The monoisotopic (exact) mass is 210 g/mol. The highest BCUT2D eigenvalue weighted by Gasteiger charge is 1.96. The van der Waals surface area contributed by atoms with E-state index in [0.717, 1.165) is 12.1 Å². The molecule has 0 aliphatic carbocycles. The second-order valence-corrected chi connectivity index (χ2v) is 4.04. The Kier molecular flexibility index (Phi) is 6.09. The zero-order chi connectivity index (χ0) is 10.9. The van der Waals surface area contributed by atoms with Crippen LogP contribution in [0.1, 0.15) is 51.0 Å². The molecule has 0 atom stereocenters. The Morgan fingerprint density at radius 3 is 2.60 bits per heavy atom. The molecule has 0 spiro atoms. The maximum Gasteiger partial charge on any atom is 0.0712 e. The van der Waals surface area contributed by atoms with Crippen molar-refractivity contribution >= 4 is 0 Å². The van der Waals surface area contributed by atoms with Crippen molar-refractivity contribution in [3.63, 3.8) is 0 Å². The Morgan fingerprint density at radius 2 is 1.93 bits per heavy atom. The SMILES string of the molecule is CCCCCCCCn1cc(CO)cn1. The highest BCUT2D eigenvalue weighted by atomic mass is 16.3. The molecular weight excluding hydrogens is 188 g/mol. The molecule has 0 fully saturated rings. The van der Waals surface area contributed by atoms with Crippen LogP contribution >= 0.6 is 0 Å². The number of aryl methyl sites for hydroxylation is 1. The predicted octanol–water partition coefficient (Wildman–Crippen LogP) is 2.74. The van der Waals surface area contributed by atoms with Gasteiger partial charge in [-0.25, -0.2) is 0 Å². The fourth-order valence-corrected chi connectivity index (χ4v) is 1.66. The van der Waals surface area contributed by atoms with Gasteiger partial charge in [-0.3, -0.25) is 4.68 Å². The van der Waals surface area contributed by atoms with Crippen LogP contribution in [0.3, 0.4) is 0 Å². The van der Waals surface area contributed by atoms with E-state index in [1.54, 1.807) is 6.20 Å². The van der Waals surface area contributed by atoms with E-state index in [1.165, 1.54) is 38.5 Å². The Morgan fingerprint density at radius 1 is 1.20 bits per heavy atom. The van der Waals surface area contributed by atoms with Gasteiger partial charge in [0.05, 0.1) is 12.8 Å². The van der Waals surface area contributed by atoms with Crippen LogP contribution in [0.4, 0.5) is 0 Å². The molecule has 3 nitrogen and oxygen atoms in total. The molecule has 15 heavy (non-hydrogen) atoms. The average molecular weight is 210 g/mol. The number of unbranched alkanes of at least 4 members (excludes halogenated alkanes) is 5. The summed E-state index contributed by atoms with van der Waals surface area (Å²) >= 11 is 0. The summed E-state index contributed by atoms with van der Waals surface area (Å²) in [7, 11) is 0. The van der Waals surface area contributed by atoms with Gasteiger partial charge in [-0.1, -0.05) is 39.0 Å². The van der Waals surface area contributed by atoms with Crippen LogP contribution in [0.25, 0.3) is 0 Å². The molecule has 0 radical (unpaired) electrons. The highest BCUT2D eigenvalue weighted by Crippen LogP contribution is 2.06. The molecule has 86 valence electrons. The minimum absolute atomic E-state index is 0.0938. The number of nitrogens with zero attached hydrogens (tertiary/aromatic N) is 2. The Labute approximate surface area is 92.1 Å². The first-order chi connectivity index (χ1) is 7.36. The zero-order valence-electron chi connectivity index (χ0n) is 9.65. The molecule has 0 amide bonds. The number of aliphatic hydroxyl groups is 1. The summed E-state index contributed by atoms with van der Waals surface area (Å²) in [6, 6.07) is 0. The standard InChI is InChI=1S/C12H22N2O/c1-2-3-4-5-6-7-8-14-10-12(11-15)9-13-14/h9-10,15H,2-8,11H2,1H3. The number of aromatic nitrogens is 2. The van der Waals surface area contributed by atoms with E-state index in [-0.39, 0.29) is 6.61 Å². The third kappa shape index (κ3) is 4.98. The third-order valence-electron chi connectivity index (χ3n) is 2.61. The molecule has 0 aromatic carbocycles. The van der Waals surface area contributed by atoms with E-state index < -0.39 is 0 Å². The van der Waals surface area contributed by atoms with Gasteiger partial charge in [-0.2, -0.15) is 5.10 Å². The van der Waals surface area contributed by atoms with Crippen LogP contribution < -0.4 is 0 Å². The van der Waals surface area contributed by atoms with E-state index >= 15 is 0 Å². The summed E-state index contributed by atoms with van der Waals surface area (Å²) in [5.74, 6) is 0. The highest BCUT2D eigenvalue weighted by molar-refractivity contribution is 5.01. The molecule has 1 aromatic rings. The molecule has 1 rings (SSSR count). The molecule has 0 aliphatic rings. The molecule has 0 saturated heterocycles. The Hall–Kier alpha value is -0.830. The van der Waals surface area contributed by atoms with E-state index in [4.69, 9.17) is 5.11 Å². The molecule has 0 unspecified atom stereocenters. The topological polar surface area (TPSA) is 38.0 Å². The summed E-state index contributed by atoms with van der Waals surface area (Å²) in [5, 5.41) is 13.0. The maximum absolute atomic E-state index is 8.87. The van der Waals surface area contributed by atoms with Crippen LogP contribution in [0.15, 0.2) is 12.4 Å². The fraction of sp³-hybridized carbons (Fsp3) is 0.750. The first kappa shape index (κ1) is 12.2. The first-order valence-corrected chi connectivity index (χ1v) is 5.99. The Bertz CT molecular complexity index is 258. The van der Waals surface area contributed by atoms with Crippen molar-refractivity contribution in [3.05, 3.63) is 18.0 Å². The van der Waals surface area contributed by atoms with Gasteiger partial charge < -0.3 is 5.11 Å². The summed E-state index contributed by atoms with van der Waals surface area (Å²) in [4.78, 5) is 0. The third-order valence-corrected chi connectivity index (χ3v) is 2.61. The van der Waals surface area contributed by atoms with Gasteiger partial charge in [0, 0.05) is 18.3 Å². The summed E-state index contributed by atoms with van der Waals surface area (Å²) in [5.41, 5.74) is 0.904. The van der Waals surface area contributed by atoms with Gasteiger partial charge in [0.25, 0.3) is 0 Å². The van der Waals surface area contributed by atoms with E-state index in [9.17, 15) is 0 Å². The lowest BCUT2D eigenvalue weighted by atomic mass is 10.1. The van der Waals surface area contributed by atoms with Crippen LogP contribution in [0, 0.1) is 0 Å². The first-order valence-electron chi connectivity index (χ1n) is 5.99. The normalized spacial score (nSPS) is 10.8. The van der Waals surface area contributed by atoms with Crippen LogP contribution in [0.5, 0.6) is 0 Å². The summed E-state index contributed by atoms with van der Waals surface area (Å²) in [6.07, 6.45) is 11.5. The molecule has 3 heteroatoms. The molecule has 1 N–H and O–H groups in total. The smallest absolute Gasteiger partial charge is 0.0712 e. The summed E-state index contributed by atoms with van der Waals surface area (Å²) < 4.78 is 1.92. The zero-order valence-corrected chi connectivity index (χ0v) is 9.65. The van der Waals surface area contributed by atoms with Gasteiger partial charge in [0.1, 0.15) is 0 Å².